The molecule has 0 atom stereocenters. The monoisotopic (exact) mass is 240 g/mol. The van der Waals surface area contributed by atoms with Gasteiger partial charge in [-0.1, -0.05) is 12.1 Å². The van der Waals surface area contributed by atoms with Gasteiger partial charge < -0.3 is 0 Å². The number of hydrogen-bond donors (Lipinski definition) is 0. The molecule has 0 amide bonds. The van der Waals surface area contributed by atoms with Crippen molar-refractivity contribution in [3.05, 3.63) is 46.8 Å². The Labute approximate surface area is 106 Å². The first-order chi connectivity index (χ1) is 8.66. The van der Waals surface area contributed by atoms with Crippen LogP contribution in [0.4, 0.5) is 0 Å². The van der Waals surface area contributed by atoms with E-state index in [1.54, 1.807) is 6.20 Å². The summed E-state index contributed by atoms with van der Waals surface area (Å²) in [6, 6.07) is 6.32. The maximum Gasteiger partial charge on any atom is 0.166 e. The number of Topliss-reactive ketones (excluding diaryl/α,β-unsaturated/α-hetero) is 1. The third-order valence-corrected chi connectivity index (χ3v) is 3.58. The van der Waals surface area contributed by atoms with Crippen LogP contribution in [0.2, 0.25) is 0 Å². The number of fused-ring (bicyclic) bond motifs is 1. The zero-order chi connectivity index (χ0) is 12.7. The number of benzene rings is 1. The van der Waals surface area contributed by atoms with Gasteiger partial charge in [0.05, 0.1) is 23.1 Å². The van der Waals surface area contributed by atoms with Crippen LogP contribution in [0.1, 0.15) is 40.0 Å². The van der Waals surface area contributed by atoms with E-state index in [0.717, 1.165) is 29.8 Å². The van der Waals surface area contributed by atoms with Gasteiger partial charge in [0, 0.05) is 6.42 Å². The maximum absolute atomic E-state index is 11.8. The summed E-state index contributed by atoms with van der Waals surface area (Å²) in [5, 5.41) is 4.42. The summed E-state index contributed by atoms with van der Waals surface area (Å²) in [6.45, 7) is 4.15. The third kappa shape index (κ3) is 1.67. The van der Waals surface area contributed by atoms with Crippen LogP contribution in [0.15, 0.2) is 24.4 Å². The molecule has 0 fully saturated rings. The van der Waals surface area contributed by atoms with E-state index in [1.165, 1.54) is 11.1 Å². The highest BCUT2D eigenvalue weighted by Crippen LogP contribution is 2.25. The highest BCUT2D eigenvalue weighted by atomic mass is 16.1. The lowest BCUT2D eigenvalue weighted by Crippen LogP contribution is -2.13. The predicted octanol–water partition coefficient (Wildman–Crippen LogP) is 3.01. The molecular formula is C15H16N2O. The van der Waals surface area contributed by atoms with E-state index in [4.69, 9.17) is 0 Å². The topological polar surface area (TPSA) is 34.9 Å². The van der Waals surface area contributed by atoms with Crippen LogP contribution in [0.25, 0.3) is 5.69 Å². The number of rotatable bonds is 1. The number of carbonyl (C=O) groups excluding carboxylic acids is 1. The van der Waals surface area contributed by atoms with Crippen molar-refractivity contribution in [2.24, 2.45) is 0 Å². The van der Waals surface area contributed by atoms with Crippen LogP contribution < -0.4 is 0 Å². The summed E-state index contributed by atoms with van der Waals surface area (Å²) in [5.74, 6) is 0.229. The lowest BCUT2D eigenvalue weighted by atomic mass is 9.96. The van der Waals surface area contributed by atoms with Gasteiger partial charge in [-0.25, -0.2) is 4.68 Å². The minimum atomic E-state index is 0.229. The average Bonchev–Trinajstić information content (AvgIpc) is 2.77. The number of aryl methyl sites for hydroxylation is 2. The molecule has 0 aliphatic heterocycles. The Hall–Kier alpha value is -1.90. The van der Waals surface area contributed by atoms with Gasteiger partial charge >= 0.3 is 0 Å². The van der Waals surface area contributed by atoms with Crippen molar-refractivity contribution in [1.29, 1.82) is 0 Å². The van der Waals surface area contributed by atoms with Crippen LogP contribution in [0.3, 0.4) is 0 Å². The van der Waals surface area contributed by atoms with Crippen molar-refractivity contribution in [3.8, 4) is 5.69 Å². The molecule has 1 heterocycles. The van der Waals surface area contributed by atoms with Crippen molar-refractivity contribution in [2.45, 2.75) is 33.1 Å². The molecule has 18 heavy (non-hydrogen) atoms. The number of hydrogen-bond acceptors (Lipinski definition) is 2. The Kier molecular flexibility index (Phi) is 2.54. The zero-order valence-corrected chi connectivity index (χ0v) is 10.7. The van der Waals surface area contributed by atoms with Crippen LogP contribution in [0, 0.1) is 13.8 Å². The van der Waals surface area contributed by atoms with Gasteiger partial charge in [-0.15, -0.1) is 0 Å². The van der Waals surface area contributed by atoms with Gasteiger partial charge in [0.15, 0.2) is 5.78 Å². The van der Waals surface area contributed by atoms with E-state index in [1.807, 2.05) is 4.68 Å². The second-order valence-electron chi connectivity index (χ2n) is 4.98. The second-order valence-corrected chi connectivity index (χ2v) is 4.98. The molecule has 0 saturated carbocycles. The molecule has 3 rings (SSSR count). The van der Waals surface area contributed by atoms with Crippen LogP contribution in [-0.4, -0.2) is 15.6 Å². The molecule has 0 N–H and O–H groups in total. The lowest BCUT2D eigenvalue weighted by Gasteiger charge is -2.15. The molecule has 92 valence electrons. The van der Waals surface area contributed by atoms with Gasteiger partial charge in [-0.05, 0) is 43.9 Å². The van der Waals surface area contributed by atoms with E-state index in [2.05, 4.69) is 37.1 Å². The summed E-state index contributed by atoms with van der Waals surface area (Å²) < 4.78 is 1.94. The normalized spacial score (nSPS) is 14.7. The van der Waals surface area contributed by atoms with Crippen LogP contribution >= 0.6 is 0 Å². The first-order valence-electron chi connectivity index (χ1n) is 6.34. The molecule has 0 unspecified atom stereocenters. The number of carbonyl (C=O) groups is 1. The van der Waals surface area contributed by atoms with E-state index >= 15 is 0 Å². The van der Waals surface area contributed by atoms with Gasteiger partial charge in [-0.3, -0.25) is 4.79 Å². The fourth-order valence-electron chi connectivity index (χ4n) is 2.55. The molecule has 1 aromatic heterocycles. The molecule has 0 spiro atoms. The number of ketones is 1. The SMILES string of the molecule is Cc1ccc(C)c(-n2ncc3c2CCCC3=O)c1. The predicted molar refractivity (Wildman–Crippen MR) is 70.3 cm³/mol. The van der Waals surface area contributed by atoms with Crippen molar-refractivity contribution in [1.82, 2.24) is 9.78 Å². The van der Waals surface area contributed by atoms with Crippen LogP contribution in [-0.2, 0) is 6.42 Å². The molecule has 1 aromatic carbocycles. The molecular weight excluding hydrogens is 224 g/mol. The summed E-state index contributed by atoms with van der Waals surface area (Å²) >= 11 is 0. The van der Waals surface area contributed by atoms with Gasteiger partial charge in [0.1, 0.15) is 0 Å². The Bertz CT molecular complexity index is 625. The molecule has 3 nitrogen and oxygen atoms in total. The minimum Gasteiger partial charge on any atom is -0.294 e. The number of nitrogens with zero attached hydrogens (tertiary/aromatic N) is 2. The Balaban J connectivity index is 2.18. The minimum absolute atomic E-state index is 0.229. The van der Waals surface area contributed by atoms with Crippen molar-refractivity contribution >= 4 is 5.78 Å². The second kappa shape index (κ2) is 4.09. The Morgan fingerprint density at radius 3 is 2.89 bits per heavy atom. The fraction of sp³-hybridized carbons (Fsp3) is 0.333. The molecule has 0 radical (unpaired) electrons. The first kappa shape index (κ1) is 11.2. The molecule has 0 saturated heterocycles. The van der Waals surface area contributed by atoms with Gasteiger partial charge in [0.2, 0.25) is 0 Å². The van der Waals surface area contributed by atoms with Crippen molar-refractivity contribution < 1.29 is 4.79 Å². The lowest BCUT2D eigenvalue weighted by molar-refractivity contribution is 0.0972. The van der Waals surface area contributed by atoms with E-state index in [0.29, 0.717) is 6.42 Å². The molecule has 1 aliphatic rings. The Morgan fingerprint density at radius 2 is 2.06 bits per heavy atom. The van der Waals surface area contributed by atoms with Crippen molar-refractivity contribution in [2.75, 3.05) is 0 Å². The summed E-state index contributed by atoms with van der Waals surface area (Å²) in [4.78, 5) is 11.8. The zero-order valence-electron chi connectivity index (χ0n) is 10.7. The van der Waals surface area contributed by atoms with Crippen LogP contribution in [0.5, 0.6) is 0 Å². The number of aromatic nitrogens is 2. The summed E-state index contributed by atoms with van der Waals surface area (Å²) in [7, 11) is 0. The van der Waals surface area contributed by atoms with E-state index < -0.39 is 0 Å². The molecule has 2 aromatic rings. The van der Waals surface area contributed by atoms with Crippen molar-refractivity contribution in [3.63, 3.8) is 0 Å². The smallest absolute Gasteiger partial charge is 0.166 e. The third-order valence-electron chi connectivity index (χ3n) is 3.58. The average molecular weight is 240 g/mol. The summed E-state index contributed by atoms with van der Waals surface area (Å²) in [6.07, 6.45) is 4.25. The molecule has 1 aliphatic carbocycles. The molecule has 0 bridgehead atoms. The summed E-state index contributed by atoms with van der Waals surface area (Å²) in [5.41, 5.74) is 5.36. The first-order valence-corrected chi connectivity index (χ1v) is 6.34. The fourth-order valence-corrected chi connectivity index (χ4v) is 2.55. The standard InChI is InChI=1S/C15H16N2O/c1-10-6-7-11(2)14(8-10)17-13-4-3-5-15(18)12(13)9-16-17/h6-9H,3-5H2,1-2H3. The Morgan fingerprint density at radius 1 is 1.22 bits per heavy atom. The quantitative estimate of drug-likeness (QED) is 0.768. The van der Waals surface area contributed by atoms with E-state index in [9.17, 15) is 4.79 Å². The largest absolute Gasteiger partial charge is 0.294 e. The highest BCUT2D eigenvalue weighted by molar-refractivity contribution is 5.98. The maximum atomic E-state index is 11.8. The van der Waals surface area contributed by atoms with Gasteiger partial charge in [0.25, 0.3) is 0 Å². The van der Waals surface area contributed by atoms with Gasteiger partial charge in [-0.2, -0.15) is 5.10 Å². The highest BCUT2D eigenvalue weighted by Gasteiger charge is 2.22. The van der Waals surface area contributed by atoms with E-state index in [-0.39, 0.29) is 5.78 Å². The molecule has 3 heteroatoms.